The highest BCUT2D eigenvalue weighted by atomic mass is 16.5. The summed E-state index contributed by atoms with van der Waals surface area (Å²) in [7, 11) is 5.92. The van der Waals surface area contributed by atoms with Crippen LogP contribution in [0.2, 0.25) is 0 Å². The summed E-state index contributed by atoms with van der Waals surface area (Å²) in [4.78, 5) is 26.1. The lowest BCUT2D eigenvalue weighted by atomic mass is 9.89. The third-order valence-electron chi connectivity index (χ3n) is 5.52. The zero-order valence-corrected chi connectivity index (χ0v) is 15.9. The molecular weight excluding hydrogens is 318 g/mol. The molecule has 0 unspecified atom stereocenters. The summed E-state index contributed by atoms with van der Waals surface area (Å²) < 4.78 is 5.26. The Labute approximate surface area is 149 Å². The van der Waals surface area contributed by atoms with Crippen molar-refractivity contribution in [2.45, 2.75) is 51.3 Å². The van der Waals surface area contributed by atoms with Gasteiger partial charge in [-0.05, 0) is 47.2 Å². The molecule has 25 heavy (non-hydrogen) atoms. The Kier molecular flexibility index (Phi) is 5.24. The second-order valence-corrected chi connectivity index (χ2v) is 7.43. The number of methoxy groups -OCH3 is 1. The molecule has 0 spiro atoms. The molecule has 1 aromatic rings. The minimum Gasteiger partial charge on any atom is -0.381 e. The summed E-state index contributed by atoms with van der Waals surface area (Å²) >= 11 is 0. The molecule has 138 valence electrons. The normalized spacial score (nSPS) is 26.0. The van der Waals surface area contributed by atoms with Gasteiger partial charge in [0.2, 0.25) is 5.82 Å². The number of hydrogen-bond donors (Lipinski definition) is 1. The van der Waals surface area contributed by atoms with Gasteiger partial charge < -0.3 is 19.9 Å². The first-order chi connectivity index (χ1) is 11.9. The van der Waals surface area contributed by atoms with Crippen LogP contribution in [0.3, 0.4) is 0 Å². The van der Waals surface area contributed by atoms with E-state index in [1.807, 2.05) is 13.8 Å². The van der Waals surface area contributed by atoms with Crippen molar-refractivity contribution < 1.29 is 9.53 Å². The van der Waals surface area contributed by atoms with Crippen LogP contribution in [0.1, 0.15) is 41.1 Å². The molecule has 1 N–H and O–H groups in total. The van der Waals surface area contributed by atoms with Crippen LogP contribution in [0.25, 0.3) is 0 Å². The lowest BCUT2D eigenvalue weighted by Gasteiger charge is -2.34. The second-order valence-electron chi connectivity index (χ2n) is 7.43. The zero-order valence-electron chi connectivity index (χ0n) is 15.9. The van der Waals surface area contributed by atoms with Crippen LogP contribution in [-0.4, -0.2) is 73.3 Å². The molecule has 1 saturated carbocycles. The maximum Gasteiger partial charge on any atom is 0.289 e. The molecule has 0 bridgehead atoms. The zero-order chi connectivity index (χ0) is 18.1. The van der Waals surface area contributed by atoms with E-state index < -0.39 is 0 Å². The van der Waals surface area contributed by atoms with Crippen LogP contribution in [0.5, 0.6) is 0 Å². The SMILES string of the molecule is COC1CC(NC(=O)c2nc(C)c(C)c(N3CC[C@@H](N(C)C)C3)n2)C1. The minimum atomic E-state index is -0.188. The molecule has 1 saturated heterocycles. The van der Waals surface area contributed by atoms with Crippen LogP contribution in [0.15, 0.2) is 0 Å². The van der Waals surface area contributed by atoms with E-state index in [0.29, 0.717) is 6.04 Å². The number of aryl methyl sites for hydroxylation is 1. The van der Waals surface area contributed by atoms with Gasteiger partial charge in [-0.1, -0.05) is 0 Å². The van der Waals surface area contributed by atoms with Crippen molar-refractivity contribution in [1.29, 1.82) is 0 Å². The number of carbonyl (C=O) groups is 1. The Morgan fingerprint density at radius 1 is 1.28 bits per heavy atom. The molecular formula is C18H29N5O2. The molecule has 3 rings (SSSR count). The Morgan fingerprint density at radius 2 is 2.00 bits per heavy atom. The Morgan fingerprint density at radius 3 is 2.60 bits per heavy atom. The number of nitrogens with one attached hydrogen (secondary N) is 1. The van der Waals surface area contributed by atoms with Crippen molar-refractivity contribution in [3.63, 3.8) is 0 Å². The van der Waals surface area contributed by atoms with Gasteiger partial charge in [0.25, 0.3) is 5.91 Å². The van der Waals surface area contributed by atoms with E-state index in [1.54, 1.807) is 7.11 Å². The minimum absolute atomic E-state index is 0.163. The molecule has 1 amide bonds. The van der Waals surface area contributed by atoms with E-state index in [-0.39, 0.29) is 23.9 Å². The summed E-state index contributed by atoms with van der Waals surface area (Å²) in [5, 5.41) is 3.02. The van der Waals surface area contributed by atoms with E-state index in [0.717, 1.165) is 49.4 Å². The van der Waals surface area contributed by atoms with Crippen LogP contribution < -0.4 is 10.2 Å². The van der Waals surface area contributed by atoms with Crippen LogP contribution in [0.4, 0.5) is 5.82 Å². The van der Waals surface area contributed by atoms with E-state index in [2.05, 4.69) is 39.2 Å². The van der Waals surface area contributed by atoms with Gasteiger partial charge >= 0.3 is 0 Å². The summed E-state index contributed by atoms with van der Waals surface area (Å²) in [6, 6.07) is 0.684. The number of carbonyl (C=O) groups excluding carboxylic acids is 1. The number of likely N-dealkylation sites (N-methyl/N-ethyl adjacent to an activating group) is 1. The fourth-order valence-electron chi connectivity index (χ4n) is 3.50. The number of amides is 1. The number of rotatable bonds is 5. The quantitative estimate of drug-likeness (QED) is 0.861. The van der Waals surface area contributed by atoms with Gasteiger partial charge in [0.15, 0.2) is 0 Å². The van der Waals surface area contributed by atoms with Crippen LogP contribution in [0, 0.1) is 13.8 Å². The van der Waals surface area contributed by atoms with E-state index in [4.69, 9.17) is 4.74 Å². The smallest absolute Gasteiger partial charge is 0.289 e. The van der Waals surface area contributed by atoms with Crippen LogP contribution >= 0.6 is 0 Å². The molecule has 2 aliphatic rings. The Bertz CT molecular complexity index is 643. The topological polar surface area (TPSA) is 70.6 Å². The fourth-order valence-corrected chi connectivity index (χ4v) is 3.50. The fraction of sp³-hybridized carbons (Fsp3) is 0.722. The number of anilines is 1. The number of nitrogens with zero attached hydrogens (tertiary/aromatic N) is 4. The molecule has 0 aromatic carbocycles. The van der Waals surface area contributed by atoms with E-state index >= 15 is 0 Å². The summed E-state index contributed by atoms with van der Waals surface area (Å²) in [5.74, 6) is 0.977. The monoisotopic (exact) mass is 347 g/mol. The molecule has 2 fully saturated rings. The van der Waals surface area contributed by atoms with Gasteiger partial charge in [0.05, 0.1) is 6.10 Å². The molecule has 1 atom stereocenters. The van der Waals surface area contributed by atoms with Crippen molar-refractivity contribution in [2.75, 3.05) is 39.2 Å². The first-order valence-electron chi connectivity index (χ1n) is 8.99. The first-order valence-corrected chi connectivity index (χ1v) is 8.99. The maximum atomic E-state index is 12.5. The first kappa shape index (κ1) is 18.1. The highest BCUT2D eigenvalue weighted by Gasteiger charge is 2.32. The Balaban J connectivity index is 1.73. The van der Waals surface area contributed by atoms with Gasteiger partial charge in [-0.25, -0.2) is 9.97 Å². The number of ether oxygens (including phenoxy) is 1. The summed E-state index contributed by atoms with van der Waals surface area (Å²) in [6.07, 6.45) is 3.08. The van der Waals surface area contributed by atoms with Gasteiger partial charge in [0.1, 0.15) is 5.82 Å². The largest absolute Gasteiger partial charge is 0.381 e. The van der Waals surface area contributed by atoms with Gasteiger partial charge in [-0.15, -0.1) is 0 Å². The van der Waals surface area contributed by atoms with Gasteiger partial charge in [0, 0.05) is 43.5 Å². The molecule has 1 aliphatic heterocycles. The highest BCUT2D eigenvalue weighted by Crippen LogP contribution is 2.26. The van der Waals surface area contributed by atoms with Crippen LogP contribution in [-0.2, 0) is 4.74 Å². The maximum absolute atomic E-state index is 12.5. The summed E-state index contributed by atoms with van der Waals surface area (Å²) in [6.45, 7) is 5.87. The highest BCUT2D eigenvalue weighted by molar-refractivity contribution is 5.91. The van der Waals surface area contributed by atoms with E-state index in [9.17, 15) is 4.79 Å². The molecule has 2 heterocycles. The standard InChI is InChI=1S/C18H29N5O2/c1-11-12(2)19-16(18(24)20-13-8-15(9-13)25-5)21-17(11)23-7-6-14(10-23)22(3)4/h13-15H,6-10H2,1-5H3,(H,20,24)/t13?,14-,15?/m1/s1. The Hall–Kier alpha value is -1.73. The average Bonchev–Trinajstić information content (AvgIpc) is 3.02. The summed E-state index contributed by atoms with van der Waals surface area (Å²) in [5.41, 5.74) is 1.92. The van der Waals surface area contributed by atoms with E-state index in [1.165, 1.54) is 0 Å². The van der Waals surface area contributed by atoms with Crippen molar-refractivity contribution in [1.82, 2.24) is 20.2 Å². The van der Waals surface area contributed by atoms with Gasteiger partial charge in [-0.3, -0.25) is 4.79 Å². The molecule has 7 nitrogen and oxygen atoms in total. The van der Waals surface area contributed by atoms with Crippen molar-refractivity contribution in [2.24, 2.45) is 0 Å². The number of hydrogen-bond acceptors (Lipinski definition) is 6. The predicted octanol–water partition coefficient (Wildman–Crippen LogP) is 1.14. The van der Waals surface area contributed by atoms with Crippen molar-refractivity contribution in [3.8, 4) is 0 Å². The third-order valence-corrected chi connectivity index (χ3v) is 5.52. The molecule has 1 aromatic heterocycles. The molecule has 7 heteroatoms. The third kappa shape index (κ3) is 3.77. The lowest BCUT2D eigenvalue weighted by molar-refractivity contribution is 0.0174. The van der Waals surface area contributed by atoms with Gasteiger partial charge in [-0.2, -0.15) is 0 Å². The van der Waals surface area contributed by atoms with Crippen molar-refractivity contribution >= 4 is 11.7 Å². The second kappa shape index (κ2) is 7.25. The predicted molar refractivity (Wildman–Crippen MR) is 97.1 cm³/mol. The number of aromatic nitrogens is 2. The molecule has 1 aliphatic carbocycles. The average molecular weight is 347 g/mol. The van der Waals surface area contributed by atoms with Crippen molar-refractivity contribution in [3.05, 3.63) is 17.1 Å². The lowest BCUT2D eigenvalue weighted by Crippen LogP contribution is -2.48. The molecule has 0 radical (unpaired) electrons.